The van der Waals surface area contributed by atoms with Crippen molar-refractivity contribution in [3.8, 4) is 10.8 Å². The molecule has 0 spiro atoms. The Labute approximate surface area is 92.9 Å². The molecule has 2 aromatic heterocycles. The van der Waals surface area contributed by atoms with E-state index >= 15 is 0 Å². The summed E-state index contributed by atoms with van der Waals surface area (Å²) in [6.07, 6.45) is 3.71. The first kappa shape index (κ1) is 10.4. The van der Waals surface area contributed by atoms with Gasteiger partial charge in [-0.05, 0) is 18.6 Å². The monoisotopic (exact) mass is 222 g/mol. The van der Waals surface area contributed by atoms with Crippen LogP contribution in [-0.2, 0) is 0 Å². The summed E-state index contributed by atoms with van der Waals surface area (Å²) in [5.41, 5.74) is 6.95. The van der Waals surface area contributed by atoms with E-state index < -0.39 is 0 Å². The van der Waals surface area contributed by atoms with Crippen LogP contribution in [0.1, 0.15) is 31.5 Å². The van der Waals surface area contributed by atoms with Crippen LogP contribution in [0.25, 0.3) is 10.8 Å². The molecule has 2 N–H and O–H groups in total. The maximum absolute atomic E-state index is 5.99. The van der Waals surface area contributed by atoms with E-state index in [9.17, 15) is 0 Å². The molecule has 1 atom stereocenters. The molecule has 0 radical (unpaired) electrons. The molecule has 80 valence electrons. The molecule has 3 nitrogen and oxygen atoms in total. The van der Waals surface area contributed by atoms with Crippen LogP contribution >= 0.6 is 11.3 Å². The zero-order valence-corrected chi connectivity index (χ0v) is 9.46. The van der Waals surface area contributed by atoms with E-state index in [1.807, 2.05) is 17.5 Å². The molecule has 4 heteroatoms. The lowest BCUT2D eigenvalue weighted by Crippen LogP contribution is -2.09. The minimum Gasteiger partial charge on any atom is -0.462 e. The first-order valence-corrected chi connectivity index (χ1v) is 5.94. The van der Waals surface area contributed by atoms with Crippen molar-refractivity contribution in [3.63, 3.8) is 0 Å². The highest BCUT2D eigenvalue weighted by Gasteiger charge is 2.11. The number of hydrogen-bond donors (Lipinski definition) is 1. The van der Waals surface area contributed by atoms with E-state index in [1.165, 1.54) is 0 Å². The lowest BCUT2D eigenvalue weighted by molar-refractivity contribution is 0.580. The minimum atomic E-state index is 0.0509. The normalized spacial score (nSPS) is 12.9. The second-order valence-corrected chi connectivity index (χ2v) is 4.31. The van der Waals surface area contributed by atoms with Crippen molar-refractivity contribution in [3.05, 3.63) is 29.5 Å². The van der Waals surface area contributed by atoms with Gasteiger partial charge in [-0.3, -0.25) is 0 Å². The van der Waals surface area contributed by atoms with Crippen LogP contribution in [0.4, 0.5) is 0 Å². The fourth-order valence-electron chi connectivity index (χ4n) is 1.43. The first-order chi connectivity index (χ1) is 7.31. The molecule has 0 bridgehead atoms. The largest absolute Gasteiger partial charge is 0.462 e. The molecular weight excluding hydrogens is 208 g/mol. The van der Waals surface area contributed by atoms with Crippen LogP contribution in [0.3, 0.4) is 0 Å². The number of nitrogens with two attached hydrogens (primary N) is 1. The molecule has 0 fully saturated rings. The summed E-state index contributed by atoms with van der Waals surface area (Å²) < 4.78 is 5.28. The molecule has 0 aliphatic heterocycles. The minimum absolute atomic E-state index is 0.0509. The van der Waals surface area contributed by atoms with Gasteiger partial charge in [0.25, 0.3) is 0 Å². The van der Waals surface area contributed by atoms with Gasteiger partial charge < -0.3 is 10.2 Å². The van der Waals surface area contributed by atoms with Crippen molar-refractivity contribution >= 4 is 11.3 Å². The number of furan rings is 1. The maximum atomic E-state index is 5.99. The molecule has 0 saturated heterocycles. The average molecular weight is 222 g/mol. The molecule has 0 aliphatic rings. The molecule has 2 heterocycles. The number of thiazole rings is 1. The van der Waals surface area contributed by atoms with Gasteiger partial charge in [0, 0.05) is 11.4 Å². The number of aromatic nitrogens is 1. The van der Waals surface area contributed by atoms with Gasteiger partial charge in [0.15, 0.2) is 10.8 Å². The molecule has 15 heavy (non-hydrogen) atoms. The quantitative estimate of drug-likeness (QED) is 0.864. The lowest BCUT2D eigenvalue weighted by atomic mass is 10.1. The lowest BCUT2D eigenvalue weighted by Gasteiger charge is -2.05. The van der Waals surface area contributed by atoms with Crippen molar-refractivity contribution in [2.45, 2.75) is 25.8 Å². The summed E-state index contributed by atoms with van der Waals surface area (Å²) in [4.78, 5) is 4.47. The third-order valence-electron chi connectivity index (χ3n) is 2.23. The van der Waals surface area contributed by atoms with E-state index in [0.29, 0.717) is 0 Å². The fourth-order valence-corrected chi connectivity index (χ4v) is 2.28. The molecule has 2 rings (SSSR count). The zero-order valence-electron chi connectivity index (χ0n) is 8.64. The first-order valence-electron chi connectivity index (χ1n) is 5.06. The molecule has 0 aromatic carbocycles. The van der Waals surface area contributed by atoms with Gasteiger partial charge in [-0.2, -0.15) is 0 Å². The Kier molecular flexibility index (Phi) is 3.18. The number of rotatable bonds is 4. The van der Waals surface area contributed by atoms with Crippen LogP contribution in [0.15, 0.2) is 28.2 Å². The predicted molar refractivity (Wildman–Crippen MR) is 61.7 cm³/mol. The van der Waals surface area contributed by atoms with Crippen molar-refractivity contribution < 1.29 is 4.42 Å². The van der Waals surface area contributed by atoms with Crippen LogP contribution in [-0.4, -0.2) is 4.98 Å². The molecule has 0 amide bonds. The molecular formula is C11H14N2OS. The smallest absolute Gasteiger partial charge is 0.162 e. The summed E-state index contributed by atoms with van der Waals surface area (Å²) in [7, 11) is 0. The Morgan fingerprint density at radius 1 is 1.60 bits per heavy atom. The predicted octanol–water partition coefficient (Wildman–Crippen LogP) is 3.20. The topological polar surface area (TPSA) is 52.0 Å². The highest BCUT2D eigenvalue weighted by molar-refractivity contribution is 7.13. The van der Waals surface area contributed by atoms with Crippen LogP contribution in [0.2, 0.25) is 0 Å². The summed E-state index contributed by atoms with van der Waals surface area (Å²) in [5.74, 6) is 0.815. The summed E-state index contributed by atoms with van der Waals surface area (Å²) in [6, 6.07) is 3.83. The van der Waals surface area contributed by atoms with Crippen LogP contribution < -0.4 is 5.73 Å². The van der Waals surface area contributed by atoms with Gasteiger partial charge in [0.05, 0.1) is 12.0 Å². The fraction of sp³-hybridized carbons (Fsp3) is 0.364. The summed E-state index contributed by atoms with van der Waals surface area (Å²) >= 11 is 1.58. The Morgan fingerprint density at radius 2 is 2.47 bits per heavy atom. The van der Waals surface area contributed by atoms with E-state index in [4.69, 9.17) is 10.2 Å². The average Bonchev–Trinajstić information content (AvgIpc) is 2.89. The van der Waals surface area contributed by atoms with Gasteiger partial charge >= 0.3 is 0 Å². The van der Waals surface area contributed by atoms with Gasteiger partial charge in [-0.25, -0.2) is 4.98 Å². The Bertz CT molecular complexity index is 408. The Hall–Kier alpha value is -1.13. The zero-order chi connectivity index (χ0) is 10.7. The highest BCUT2D eigenvalue weighted by atomic mass is 32.1. The Morgan fingerprint density at radius 3 is 3.13 bits per heavy atom. The highest BCUT2D eigenvalue weighted by Crippen LogP contribution is 2.26. The van der Waals surface area contributed by atoms with Crippen molar-refractivity contribution in [2.75, 3.05) is 0 Å². The van der Waals surface area contributed by atoms with Crippen LogP contribution in [0.5, 0.6) is 0 Å². The van der Waals surface area contributed by atoms with Crippen LogP contribution in [0, 0.1) is 0 Å². The summed E-state index contributed by atoms with van der Waals surface area (Å²) in [6.45, 7) is 2.12. The van der Waals surface area contributed by atoms with Crippen molar-refractivity contribution in [1.82, 2.24) is 4.98 Å². The Balaban J connectivity index is 2.17. The van der Waals surface area contributed by atoms with E-state index in [0.717, 1.165) is 29.3 Å². The number of nitrogens with zero attached hydrogens (tertiary/aromatic N) is 1. The molecule has 2 aromatic rings. The third kappa shape index (κ3) is 2.27. The molecule has 0 saturated carbocycles. The standard InChI is InChI=1S/C11H14N2OS/c1-2-4-8(12)9-7-15-11(13-9)10-5-3-6-14-10/h3,5-8H,2,4,12H2,1H3. The van der Waals surface area contributed by atoms with Crippen molar-refractivity contribution in [1.29, 1.82) is 0 Å². The van der Waals surface area contributed by atoms with E-state index in [-0.39, 0.29) is 6.04 Å². The second-order valence-electron chi connectivity index (χ2n) is 3.45. The summed E-state index contributed by atoms with van der Waals surface area (Å²) in [5, 5.41) is 2.92. The van der Waals surface area contributed by atoms with Gasteiger partial charge in [-0.1, -0.05) is 13.3 Å². The van der Waals surface area contributed by atoms with Crippen molar-refractivity contribution in [2.24, 2.45) is 5.73 Å². The van der Waals surface area contributed by atoms with Gasteiger partial charge in [0.1, 0.15) is 0 Å². The molecule has 0 aliphatic carbocycles. The number of hydrogen-bond acceptors (Lipinski definition) is 4. The SMILES string of the molecule is CCCC(N)c1csc(-c2ccco2)n1. The third-order valence-corrected chi connectivity index (χ3v) is 3.11. The van der Waals surface area contributed by atoms with Gasteiger partial charge in [-0.15, -0.1) is 11.3 Å². The van der Waals surface area contributed by atoms with E-state index in [1.54, 1.807) is 17.6 Å². The second kappa shape index (κ2) is 4.59. The maximum Gasteiger partial charge on any atom is 0.162 e. The van der Waals surface area contributed by atoms with Gasteiger partial charge in [0.2, 0.25) is 0 Å². The van der Waals surface area contributed by atoms with E-state index in [2.05, 4.69) is 11.9 Å². The molecule has 1 unspecified atom stereocenters.